The van der Waals surface area contributed by atoms with Crippen molar-refractivity contribution in [3.8, 4) is 5.75 Å². The number of methoxy groups -OCH3 is 1. The molecule has 0 saturated carbocycles. The molecule has 32 heavy (non-hydrogen) atoms. The van der Waals surface area contributed by atoms with E-state index in [0.29, 0.717) is 16.2 Å². The number of rotatable bonds is 3. The average Bonchev–Trinajstić information content (AvgIpc) is 3.24. The maximum Gasteiger partial charge on any atom is 0.331 e. The van der Waals surface area contributed by atoms with Crippen LogP contribution >= 0.6 is 23.4 Å². The van der Waals surface area contributed by atoms with Gasteiger partial charge in [0, 0.05) is 34.5 Å². The molecule has 1 aromatic heterocycles. The summed E-state index contributed by atoms with van der Waals surface area (Å²) in [5.74, 6) is -0.849. The van der Waals surface area contributed by atoms with E-state index in [1.165, 1.54) is 47.0 Å². The summed E-state index contributed by atoms with van der Waals surface area (Å²) in [6.07, 6.45) is 5.04. The molecule has 0 aliphatic carbocycles. The number of likely N-dealkylation sites (N-methyl/N-ethyl adjacent to an activating group) is 1. The van der Waals surface area contributed by atoms with Gasteiger partial charge in [0.2, 0.25) is 0 Å². The number of carbonyl (C=O) groups is 2. The second kappa shape index (κ2) is 7.79. The van der Waals surface area contributed by atoms with Gasteiger partial charge >= 0.3 is 6.03 Å². The molecule has 0 N–H and O–H groups in total. The molecule has 1 saturated heterocycles. The van der Waals surface area contributed by atoms with E-state index in [2.05, 4.69) is 4.98 Å². The van der Waals surface area contributed by atoms with Crippen molar-refractivity contribution in [3.05, 3.63) is 71.3 Å². The van der Waals surface area contributed by atoms with Crippen LogP contribution in [0.4, 0.5) is 14.9 Å². The first kappa shape index (κ1) is 20.8. The van der Waals surface area contributed by atoms with Crippen molar-refractivity contribution in [2.45, 2.75) is 11.3 Å². The standard InChI is InChI=1S/C23H17ClFN3O3S/c1-27-17-9-20(14-7-19(31-2)16(25)8-15(14)24)32-21(17)22(29)28(23(27)30)18-11-26-10-12-5-3-4-6-13(12)18/h3-11,17,21H,1-2H3. The van der Waals surface area contributed by atoms with Crippen molar-refractivity contribution in [2.24, 2.45) is 0 Å². The number of fused-ring (bicyclic) bond motifs is 2. The van der Waals surface area contributed by atoms with Crippen molar-refractivity contribution in [1.29, 1.82) is 0 Å². The van der Waals surface area contributed by atoms with Crippen molar-refractivity contribution >= 4 is 56.7 Å². The molecule has 2 unspecified atom stereocenters. The minimum atomic E-state index is -0.571. The van der Waals surface area contributed by atoms with Gasteiger partial charge in [-0.15, -0.1) is 11.8 Å². The second-order valence-electron chi connectivity index (χ2n) is 7.47. The fraction of sp³-hybridized carbons (Fsp3) is 0.174. The van der Waals surface area contributed by atoms with Crippen LogP contribution in [0.1, 0.15) is 5.56 Å². The van der Waals surface area contributed by atoms with E-state index in [4.69, 9.17) is 16.3 Å². The molecule has 1 fully saturated rings. The number of nitrogens with zero attached hydrogens (tertiary/aromatic N) is 3. The van der Waals surface area contributed by atoms with Crippen molar-refractivity contribution in [1.82, 2.24) is 9.88 Å². The number of aromatic nitrogens is 1. The maximum absolute atomic E-state index is 14.0. The van der Waals surface area contributed by atoms with E-state index < -0.39 is 23.1 Å². The summed E-state index contributed by atoms with van der Waals surface area (Å²) in [6.45, 7) is 0. The average molecular weight is 470 g/mol. The Morgan fingerprint density at radius 3 is 2.75 bits per heavy atom. The molecule has 5 rings (SSSR count). The third-order valence-corrected chi connectivity index (χ3v) is 7.34. The first-order valence-corrected chi connectivity index (χ1v) is 11.0. The number of halogens is 2. The Morgan fingerprint density at radius 1 is 1.19 bits per heavy atom. The first-order valence-electron chi connectivity index (χ1n) is 9.76. The van der Waals surface area contributed by atoms with E-state index in [9.17, 15) is 14.0 Å². The number of thioether (sulfide) groups is 1. The molecule has 2 atom stereocenters. The zero-order chi connectivity index (χ0) is 22.6. The molecule has 6 nitrogen and oxygen atoms in total. The summed E-state index contributed by atoms with van der Waals surface area (Å²) in [5, 5.41) is 1.23. The van der Waals surface area contributed by atoms with Crippen molar-refractivity contribution < 1.29 is 18.7 Å². The van der Waals surface area contributed by atoms with Gasteiger partial charge in [-0.05, 0) is 18.2 Å². The Hall–Kier alpha value is -3.10. The Labute approximate surface area is 192 Å². The smallest absolute Gasteiger partial charge is 0.331 e. The summed E-state index contributed by atoms with van der Waals surface area (Å²) >= 11 is 7.59. The molecule has 2 aromatic carbocycles. The van der Waals surface area contributed by atoms with Crippen LogP contribution < -0.4 is 9.64 Å². The largest absolute Gasteiger partial charge is 0.494 e. The molecule has 3 heterocycles. The number of hydrogen-bond acceptors (Lipinski definition) is 5. The molecule has 3 amide bonds. The van der Waals surface area contributed by atoms with Gasteiger partial charge in [-0.1, -0.05) is 35.9 Å². The van der Waals surface area contributed by atoms with Gasteiger partial charge in [0.05, 0.1) is 30.1 Å². The van der Waals surface area contributed by atoms with Gasteiger partial charge in [-0.25, -0.2) is 14.1 Å². The fourth-order valence-corrected chi connectivity index (χ4v) is 5.74. The van der Waals surface area contributed by atoms with Gasteiger partial charge in [0.25, 0.3) is 5.91 Å². The van der Waals surface area contributed by atoms with Crippen molar-refractivity contribution in [2.75, 3.05) is 19.1 Å². The zero-order valence-corrected chi connectivity index (χ0v) is 18.7. The third-order valence-electron chi connectivity index (χ3n) is 5.69. The van der Waals surface area contributed by atoms with Crippen LogP contribution in [0, 0.1) is 5.82 Å². The number of imide groups is 1. The van der Waals surface area contributed by atoms with Gasteiger partial charge in [-0.2, -0.15) is 0 Å². The minimum Gasteiger partial charge on any atom is -0.494 e. The summed E-state index contributed by atoms with van der Waals surface area (Å²) in [4.78, 5) is 34.4. The number of benzene rings is 2. The van der Waals surface area contributed by atoms with Crippen LogP contribution in [0.25, 0.3) is 15.7 Å². The zero-order valence-electron chi connectivity index (χ0n) is 17.1. The molecule has 2 aliphatic rings. The summed E-state index contributed by atoms with van der Waals surface area (Å²) in [6, 6.07) is 9.26. The normalized spacial score (nSPS) is 20.6. The topological polar surface area (TPSA) is 62.7 Å². The Morgan fingerprint density at radius 2 is 1.97 bits per heavy atom. The number of amides is 3. The lowest BCUT2D eigenvalue weighted by molar-refractivity contribution is -0.119. The first-order chi connectivity index (χ1) is 15.4. The molecule has 0 radical (unpaired) electrons. The predicted molar refractivity (Wildman–Crippen MR) is 123 cm³/mol. The van der Waals surface area contributed by atoms with E-state index >= 15 is 0 Å². The quantitative estimate of drug-likeness (QED) is 0.542. The Bertz CT molecular complexity index is 1310. The number of ether oxygens (including phenoxy) is 1. The number of hydrogen-bond donors (Lipinski definition) is 0. The van der Waals surface area contributed by atoms with Crippen LogP contribution in [0.2, 0.25) is 5.02 Å². The predicted octanol–water partition coefficient (Wildman–Crippen LogP) is 4.96. The highest BCUT2D eigenvalue weighted by atomic mass is 35.5. The molecule has 9 heteroatoms. The highest BCUT2D eigenvalue weighted by Gasteiger charge is 2.49. The third kappa shape index (κ3) is 3.13. The highest BCUT2D eigenvalue weighted by molar-refractivity contribution is 8.09. The Kier molecular flexibility index (Phi) is 5.06. The Balaban J connectivity index is 1.55. The van der Waals surface area contributed by atoms with Crippen LogP contribution in [-0.2, 0) is 4.79 Å². The lowest BCUT2D eigenvalue weighted by Gasteiger charge is -2.39. The monoisotopic (exact) mass is 469 g/mol. The molecular weight excluding hydrogens is 453 g/mol. The van der Waals surface area contributed by atoms with Gasteiger partial charge in [0.15, 0.2) is 11.6 Å². The number of carbonyl (C=O) groups excluding carboxylic acids is 2. The van der Waals surface area contributed by atoms with E-state index in [-0.39, 0.29) is 16.7 Å². The lowest BCUT2D eigenvalue weighted by Crippen LogP contribution is -2.60. The lowest BCUT2D eigenvalue weighted by atomic mass is 10.0. The highest BCUT2D eigenvalue weighted by Crippen LogP contribution is 2.47. The van der Waals surface area contributed by atoms with Crippen LogP contribution in [0.5, 0.6) is 5.75 Å². The summed E-state index contributed by atoms with van der Waals surface area (Å²) in [7, 11) is 3.03. The van der Waals surface area contributed by atoms with E-state index in [0.717, 1.165) is 10.8 Å². The van der Waals surface area contributed by atoms with Crippen LogP contribution in [0.15, 0.2) is 54.9 Å². The SMILES string of the molecule is COc1cc(C2=CC3C(S2)C(=O)N(c2cncc4ccccc24)C(=O)N3C)c(Cl)cc1F. The van der Waals surface area contributed by atoms with Gasteiger partial charge in [-0.3, -0.25) is 9.78 Å². The molecule has 3 aromatic rings. The van der Waals surface area contributed by atoms with Gasteiger partial charge in [0.1, 0.15) is 5.25 Å². The van der Waals surface area contributed by atoms with Crippen LogP contribution in [-0.4, -0.2) is 47.3 Å². The van der Waals surface area contributed by atoms with Gasteiger partial charge < -0.3 is 9.64 Å². The number of urea groups is 1. The maximum atomic E-state index is 14.0. The molecular formula is C23H17ClFN3O3S. The fourth-order valence-electron chi connectivity index (χ4n) is 4.03. The van der Waals surface area contributed by atoms with E-state index in [1.807, 2.05) is 30.3 Å². The molecule has 0 spiro atoms. The number of anilines is 1. The molecule has 0 bridgehead atoms. The second-order valence-corrected chi connectivity index (χ2v) is 9.06. The summed E-state index contributed by atoms with van der Waals surface area (Å²) < 4.78 is 19.1. The molecule has 2 aliphatic heterocycles. The van der Waals surface area contributed by atoms with Crippen molar-refractivity contribution in [3.63, 3.8) is 0 Å². The van der Waals surface area contributed by atoms with E-state index in [1.54, 1.807) is 13.2 Å². The minimum absolute atomic E-state index is 0.0555. The molecule has 162 valence electrons. The summed E-state index contributed by atoms with van der Waals surface area (Å²) in [5.41, 5.74) is 0.996. The van der Waals surface area contributed by atoms with Crippen LogP contribution in [0.3, 0.4) is 0 Å². The number of pyridine rings is 1.